The summed E-state index contributed by atoms with van der Waals surface area (Å²) >= 11 is 0. The molecule has 1 fully saturated rings. The zero-order chi connectivity index (χ0) is 15.5. The zero-order valence-corrected chi connectivity index (χ0v) is 13.2. The van der Waals surface area contributed by atoms with E-state index in [9.17, 15) is 4.79 Å². The van der Waals surface area contributed by atoms with Crippen LogP contribution in [0.3, 0.4) is 0 Å². The van der Waals surface area contributed by atoms with Crippen LogP contribution in [0.1, 0.15) is 23.3 Å². The third-order valence-corrected chi connectivity index (χ3v) is 4.53. The first-order valence-corrected chi connectivity index (χ1v) is 7.88. The Bertz CT molecular complexity index is 648. The number of carbonyl (C=O) groups excluding carboxylic acids is 1. The van der Waals surface area contributed by atoms with Crippen LogP contribution in [-0.4, -0.2) is 41.6 Å². The first kappa shape index (κ1) is 14.9. The summed E-state index contributed by atoms with van der Waals surface area (Å²) < 4.78 is 2.00. The molecule has 116 valence electrons. The van der Waals surface area contributed by atoms with E-state index in [-0.39, 0.29) is 5.91 Å². The predicted molar refractivity (Wildman–Crippen MR) is 88.8 cm³/mol. The number of benzene rings is 1. The Morgan fingerprint density at radius 1 is 1.18 bits per heavy atom. The maximum Gasteiger partial charge on any atom is 0.270 e. The van der Waals surface area contributed by atoms with E-state index in [0.717, 1.165) is 42.9 Å². The van der Waals surface area contributed by atoms with Crippen molar-refractivity contribution in [1.82, 2.24) is 14.8 Å². The van der Waals surface area contributed by atoms with Crippen LogP contribution in [0, 0.1) is 0 Å². The van der Waals surface area contributed by atoms with Crippen LogP contribution in [0.4, 0.5) is 0 Å². The second-order valence-corrected chi connectivity index (χ2v) is 5.91. The Morgan fingerprint density at radius 3 is 2.68 bits per heavy atom. The minimum Gasteiger partial charge on any atom is -0.340 e. The van der Waals surface area contributed by atoms with Crippen LogP contribution in [0.15, 0.2) is 42.5 Å². The van der Waals surface area contributed by atoms with Gasteiger partial charge in [0.2, 0.25) is 0 Å². The lowest BCUT2D eigenvalue weighted by Crippen LogP contribution is -2.47. The highest BCUT2D eigenvalue weighted by molar-refractivity contribution is 5.94. The second kappa shape index (κ2) is 6.36. The molecule has 0 radical (unpaired) electrons. The van der Waals surface area contributed by atoms with Gasteiger partial charge in [-0.1, -0.05) is 30.3 Å². The molecule has 1 aliphatic rings. The van der Waals surface area contributed by atoms with E-state index in [1.165, 1.54) is 0 Å². The van der Waals surface area contributed by atoms with Crippen molar-refractivity contribution in [2.75, 3.05) is 20.1 Å². The number of piperidine rings is 1. The van der Waals surface area contributed by atoms with E-state index >= 15 is 0 Å². The van der Waals surface area contributed by atoms with Crippen LogP contribution < -0.4 is 5.32 Å². The normalized spacial score (nSPS) is 18.5. The molecule has 0 unspecified atom stereocenters. The summed E-state index contributed by atoms with van der Waals surface area (Å²) in [6, 6.07) is 14.6. The molecule has 0 bridgehead atoms. The van der Waals surface area contributed by atoms with E-state index in [4.69, 9.17) is 0 Å². The second-order valence-electron chi connectivity index (χ2n) is 5.91. The minimum atomic E-state index is 0.129. The number of hydrogen-bond acceptors (Lipinski definition) is 2. The number of likely N-dealkylation sites (tertiary alicyclic amines) is 1. The van der Waals surface area contributed by atoms with Crippen molar-refractivity contribution in [2.45, 2.75) is 18.9 Å². The monoisotopic (exact) mass is 297 g/mol. The number of nitrogens with one attached hydrogen (secondary N) is 1. The summed E-state index contributed by atoms with van der Waals surface area (Å²) in [5.41, 5.74) is 2.97. The van der Waals surface area contributed by atoms with Gasteiger partial charge in [-0.25, -0.2) is 0 Å². The van der Waals surface area contributed by atoms with Crippen molar-refractivity contribution in [3.05, 3.63) is 48.2 Å². The molecule has 1 aliphatic heterocycles. The Labute approximate surface area is 131 Å². The van der Waals surface area contributed by atoms with Gasteiger partial charge in [0.05, 0.1) is 0 Å². The van der Waals surface area contributed by atoms with Crippen molar-refractivity contribution in [1.29, 1.82) is 0 Å². The fourth-order valence-electron chi connectivity index (χ4n) is 3.18. The van der Waals surface area contributed by atoms with Gasteiger partial charge in [0.25, 0.3) is 5.91 Å². The van der Waals surface area contributed by atoms with Crippen molar-refractivity contribution < 1.29 is 4.79 Å². The molecule has 0 aliphatic carbocycles. The van der Waals surface area contributed by atoms with E-state index in [2.05, 4.69) is 17.4 Å². The molecule has 2 heterocycles. The summed E-state index contributed by atoms with van der Waals surface area (Å²) in [6.07, 6.45) is 2.20. The topological polar surface area (TPSA) is 37.3 Å². The van der Waals surface area contributed by atoms with Gasteiger partial charge in [-0.2, -0.15) is 0 Å². The molecule has 0 spiro atoms. The van der Waals surface area contributed by atoms with Gasteiger partial charge in [0.15, 0.2) is 0 Å². The van der Waals surface area contributed by atoms with E-state index in [0.29, 0.717) is 6.04 Å². The lowest BCUT2D eigenvalue weighted by atomic mass is 10.1. The molecule has 22 heavy (non-hydrogen) atoms. The van der Waals surface area contributed by atoms with Crippen LogP contribution in [0.2, 0.25) is 0 Å². The summed E-state index contributed by atoms with van der Waals surface area (Å²) in [6.45, 7) is 1.64. The average Bonchev–Trinajstić information content (AvgIpc) is 2.96. The number of hydrogen-bond donors (Lipinski definition) is 1. The zero-order valence-electron chi connectivity index (χ0n) is 13.2. The SMILES string of the molecule is CN[C@H]1CCCN(C(=O)c2ccc(-c3ccccc3)n2C)C1. The van der Waals surface area contributed by atoms with Crippen LogP contribution in [-0.2, 0) is 7.05 Å². The summed E-state index contributed by atoms with van der Waals surface area (Å²) in [5, 5.41) is 3.29. The molecular formula is C18H23N3O. The van der Waals surface area contributed by atoms with Gasteiger partial charge >= 0.3 is 0 Å². The molecule has 0 saturated carbocycles. The standard InChI is InChI=1S/C18H23N3O/c1-19-15-9-6-12-21(13-15)18(22)17-11-10-16(20(17)2)14-7-4-3-5-8-14/h3-5,7-8,10-11,15,19H,6,9,12-13H2,1-2H3/t15-/m0/s1. The van der Waals surface area contributed by atoms with Gasteiger partial charge < -0.3 is 14.8 Å². The average molecular weight is 297 g/mol. The smallest absolute Gasteiger partial charge is 0.270 e. The number of amides is 1. The molecule has 3 rings (SSSR count). The number of likely N-dealkylation sites (N-methyl/N-ethyl adjacent to an activating group) is 1. The Hall–Kier alpha value is -2.07. The molecule has 2 aromatic rings. The molecule has 1 aromatic heterocycles. The highest BCUT2D eigenvalue weighted by Crippen LogP contribution is 2.23. The van der Waals surface area contributed by atoms with Gasteiger partial charge in [-0.05, 0) is 37.6 Å². The van der Waals surface area contributed by atoms with Crippen LogP contribution in [0.5, 0.6) is 0 Å². The number of nitrogens with zero attached hydrogens (tertiary/aromatic N) is 2. The minimum absolute atomic E-state index is 0.129. The lowest BCUT2D eigenvalue weighted by molar-refractivity contribution is 0.0688. The van der Waals surface area contributed by atoms with Gasteiger partial charge in [0.1, 0.15) is 5.69 Å². The van der Waals surface area contributed by atoms with Gasteiger partial charge in [0, 0.05) is 31.9 Å². The molecule has 1 amide bonds. The molecular weight excluding hydrogens is 274 g/mol. The summed E-state index contributed by atoms with van der Waals surface area (Å²) in [5.74, 6) is 0.129. The van der Waals surface area contributed by atoms with E-state index in [1.54, 1.807) is 0 Å². The third kappa shape index (κ3) is 2.79. The fourth-order valence-corrected chi connectivity index (χ4v) is 3.18. The first-order valence-electron chi connectivity index (χ1n) is 7.88. The third-order valence-electron chi connectivity index (χ3n) is 4.53. The maximum absolute atomic E-state index is 12.8. The van der Waals surface area contributed by atoms with Gasteiger partial charge in [-0.3, -0.25) is 4.79 Å². The highest BCUT2D eigenvalue weighted by atomic mass is 16.2. The van der Waals surface area contributed by atoms with Crippen molar-refractivity contribution in [3.8, 4) is 11.3 Å². The maximum atomic E-state index is 12.8. The molecule has 4 heteroatoms. The van der Waals surface area contributed by atoms with Crippen molar-refractivity contribution in [3.63, 3.8) is 0 Å². The Morgan fingerprint density at radius 2 is 1.95 bits per heavy atom. The Balaban J connectivity index is 1.83. The fraction of sp³-hybridized carbons (Fsp3) is 0.389. The van der Waals surface area contributed by atoms with Gasteiger partial charge in [-0.15, -0.1) is 0 Å². The largest absolute Gasteiger partial charge is 0.340 e. The van der Waals surface area contributed by atoms with Crippen molar-refractivity contribution in [2.24, 2.45) is 7.05 Å². The van der Waals surface area contributed by atoms with E-state index < -0.39 is 0 Å². The van der Waals surface area contributed by atoms with Crippen molar-refractivity contribution >= 4 is 5.91 Å². The lowest BCUT2D eigenvalue weighted by Gasteiger charge is -2.32. The molecule has 1 atom stereocenters. The summed E-state index contributed by atoms with van der Waals surface area (Å²) in [7, 11) is 3.93. The van der Waals surface area contributed by atoms with Crippen LogP contribution >= 0.6 is 0 Å². The molecule has 1 aromatic carbocycles. The quantitative estimate of drug-likeness (QED) is 0.945. The first-order chi connectivity index (χ1) is 10.7. The Kier molecular flexibility index (Phi) is 4.29. The number of rotatable bonds is 3. The molecule has 1 saturated heterocycles. The summed E-state index contributed by atoms with van der Waals surface area (Å²) in [4.78, 5) is 14.8. The molecule has 1 N–H and O–H groups in total. The highest BCUT2D eigenvalue weighted by Gasteiger charge is 2.25. The predicted octanol–water partition coefficient (Wildman–Crippen LogP) is 2.52. The number of aromatic nitrogens is 1. The van der Waals surface area contributed by atoms with Crippen LogP contribution in [0.25, 0.3) is 11.3 Å². The number of carbonyl (C=O) groups is 1. The van der Waals surface area contributed by atoms with E-state index in [1.807, 2.05) is 53.9 Å². The molecule has 4 nitrogen and oxygen atoms in total.